The molecule has 0 aromatic rings. The van der Waals surface area contributed by atoms with Gasteiger partial charge in [0.05, 0.1) is 0 Å². The summed E-state index contributed by atoms with van der Waals surface area (Å²) in [6.45, 7) is 2.00. The van der Waals surface area contributed by atoms with Crippen LogP contribution in [0, 0.1) is 5.92 Å². The Morgan fingerprint density at radius 1 is 1.88 bits per heavy atom. The van der Waals surface area contributed by atoms with Crippen LogP contribution in [0.4, 0.5) is 0 Å². The smallest absolute Gasteiger partial charge is 0.225 e. The molecule has 2 heteroatoms. The Labute approximate surface area is 48.6 Å². The molecule has 1 aliphatic rings. The maximum absolute atomic E-state index is 9.98. The highest BCUT2D eigenvalue weighted by Crippen LogP contribution is 2.13. The molecule has 0 saturated carbocycles. The van der Waals surface area contributed by atoms with Crippen LogP contribution in [0.25, 0.3) is 0 Å². The molecule has 0 amide bonds. The highest BCUT2D eigenvalue weighted by Gasteiger charge is 2.18. The van der Waals surface area contributed by atoms with Crippen LogP contribution in [0.3, 0.4) is 0 Å². The summed E-state index contributed by atoms with van der Waals surface area (Å²) in [4.78, 5) is 13.9. The molecular weight excluding hydrogens is 102 g/mol. The molecule has 1 radical (unpaired) electrons. The van der Waals surface area contributed by atoms with Gasteiger partial charge in [0.1, 0.15) is 6.04 Å². The average molecular weight is 110 g/mol. The topological polar surface area (TPSA) is 29.4 Å². The minimum Gasteiger partial charge on any atom is -0.288 e. The van der Waals surface area contributed by atoms with Crippen LogP contribution in [0.15, 0.2) is 4.99 Å². The molecule has 43 valence electrons. The lowest BCUT2D eigenvalue weighted by molar-refractivity contribution is 0.511. The SMILES string of the molecule is C[C@@H]1CC=N[C@H]1[C]=O. The average Bonchev–Trinajstić information content (AvgIpc) is 2.14. The number of hydrogen-bond donors (Lipinski definition) is 0. The van der Waals surface area contributed by atoms with Crippen molar-refractivity contribution in [2.45, 2.75) is 19.4 Å². The maximum atomic E-state index is 9.98. The Morgan fingerprint density at radius 3 is 2.88 bits per heavy atom. The second-order valence-corrected chi connectivity index (χ2v) is 2.11. The molecule has 0 spiro atoms. The first-order valence-corrected chi connectivity index (χ1v) is 2.74. The highest BCUT2D eigenvalue weighted by atomic mass is 16.1. The van der Waals surface area contributed by atoms with E-state index in [4.69, 9.17) is 0 Å². The summed E-state index contributed by atoms with van der Waals surface area (Å²) in [6.07, 6.45) is 4.59. The molecule has 0 fully saturated rings. The Kier molecular flexibility index (Phi) is 1.42. The summed E-state index contributed by atoms with van der Waals surface area (Å²) in [5, 5.41) is 0. The fraction of sp³-hybridized carbons (Fsp3) is 0.667. The first-order chi connectivity index (χ1) is 3.84. The van der Waals surface area contributed by atoms with Crippen LogP contribution in [-0.2, 0) is 4.79 Å². The van der Waals surface area contributed by atoms with E-state index in [0.717, 1.165) is 6.42 Å². The monoisotopic (exact) mass is 110 g/mol. The van der Waals surface area contributed by atoms with Crippen LogP contribution in [0.2, 0.25) is 0 Å². The van der Waals surface area contributed by atoms with Gasteiger partial charge in [0.2, 0.25) is 6.29 Å². The zero-order valence-corrected chi connectivity index (χ0v) is 4.79. The van der Waals surface area contributed by atoms with E-state index >= 15 is 0 Å². The first kappa shape index (κ1) is 5.48. The molecule has 0 N–H and O–H groups in total. The van der Waals surface area contributed by atoms with Gasteiger partial charge < -0.3 is 0 Å². The lowest BCUT2D eigenvalue weighted by atomic mass is 10.0. The molecule has 0 unspecified atom stereocenters. The predicted octanol–water partition coefficient (Wildman–Crippen LogP) is 0.575. The van der Waals surface area contributed by atoms with Gasteiger partial charge in [-0.2, -0.15) is 0 Å². The molecule has 8 heavy (non-hydrogen) atoms. The summed E-state index contributed by atoms with van der Waals surface area (Å²) >= 11 is 0. The Hall–Kier alpha value is -0.660. The van der Waals surface area contributed by atoms with Crippen molar-refractivity contribution >= 4 is 12.5 Å². The van der Waals surface area contributed by atoms with Crippen LogP contribution < -0.4 is 0 Å². The van der Waals surface area contributed by atoms with Crippen molar-refractivity contribution in [2.75, 3.05) is 0 Å². The van der Waals surface area contributed by atoms with Crippen LogP contribution in [0.1, 0.15) is 13.3 Å². The zero-order chi connectivity index (χ0) is 5.98. The van der Waals surface area contributed by atoms with Crippen molar-refractivity contribution in [1.29, 1.82) is 0 Å². The van der Waals surface area contributed by atoms with Gasteiger partial charge >= 0.3 is 0 Å². The molecule has 0 aromatic carbocycles. The second-order valence-electron chi connectivity index (χ2n) is 2.11. The number of carbonyl (C=O) groups excluding carboxylic acids is 1. The van der Waals surface area contributed by atoms with Crippen LogP contribution >= 0.6 is 0 Å². The van der Waals surface area contributed by atoms with Crippen molar-refractivity contribution in [3.05, 3.63) is 0 Å². The Bertz CT molecular complexity index is 120. The van der Waals surface area contributed by atoms with Gasteiger partial charge in [-0.05, 0) is 18.6 Å². The first-order valence-electron chi connectivity index (χ1n) is 2.74. The lowest BCUT2D eigenvalue weighted by Gasteiger charge is -2.01. The fourth-order valence-electron chi connectivity index (χ4n) is 0.763. The van der Waals surface area contributed by atoms with Gasteiger partial charge in [-0.25, -0.2) is 0 Å². The summed E-state index contributed by atoms with van der Waals surface area (Å²) < 4.78 is 0. The summed E-state index contributed by atoms with van der Waals surface area (Å²) in [5.41, 5.74) is 0. The van der Waals surface area contributed by atoms with Gasteiger partial charge in [0, 0.05) is 0 Å². The summed E-state index contributed by atoms with van der Waals surface area (Å²) in [6, 6.07) is -0.171. The van der Waals surface area contributed by atoms with Gasteiger partial charge in [0.25, 0.3) is 0 Å². The van der Waals surface area contributed by atoms with E-state index in [0.29, 0.717) is 5.92 Å². The second kappa shape index (κ2) is 2.07. The third kappa shape index (κ3) is 0.782. The van der Waals surface area contributed by atoms with Crippen molar-refractivity contribution in [2.24, 2.45) is 10.9 Å². The van der Waals surface area contributed by atoms with E-state index in [9.17, 15) is 4.79 Å². The van der Waals surface area contributed by atoms with E-state index in [1.807, 2.05) is 13.2 Å². The van der Waals surface area contributed by atoms with E-state index in [-0.39, 0.29) is 6.04 Å². The van der Waals surface area contributed by atoms with E-state index in [1.54, 1.807) is 6.21 Å². The molecule has 1 heterocycles. The highest BCUT2D eigenvalue weighted by molar-refractivity contribution is 5.70. The molecular formula is C6H8NO. The number of aliphatic imine (C=N–C) groups is 1. The summed E-state index contributed by atoms with van der Waals surface area (Å²) in [5.74, 6) is 0.382. The molecule has 2 nitrogen and oxygen atoms in total. The van der Waals surface area contributed by atoms with E-state index in [1.165, 1.54) is 0 Å². The lowest BCUT2D eigenvalue weighted by Crippen LogP contribution is -2.10. The summed E-state index contributed by atoms with van der Waals surface area (Å²) in [7, 11) is 0. The van der Waals surface area contributed by atoms with E-state index in [2.05, 4.69) is 4.99 Å². The molecule has 0 bridgehead atoms. The van der Waals surface area contributed by atoms with Gasteiger partial charge in [-0.15, -0.1) is 0 Å². The Morgan fingerprint density at radius 2 is 2.62 bits per heavy atom. The third-order valence-electron chi connectivity index (χ3n) is 1.40. The molecule has 0 saturated heterocycles. The third-order valence-corrected chi connectivity index (χ3v) is 1.40. The quantitative estimate of drug-likeness (QED) is 0.485. The molecule has 1 rings (SSSR count). The normalized spacial score (nSPS) is 35.6. The van der Waals surface area contributed by atoms with Crippen LogP contribution in [0.5, 0.6) is 0 Å². The van der Waals surface area contributed by atoms with Crippen molar-refractivity contribution in [1.82, 2.24) is 0 Å². The van der Waals surface area contributed by atoms with Crippen LogP contribution in [-0.4, -0.2) is 18.5 Å². The van der Waals surface area contributed by atoms with Crippen molar-refractivity contribution < 1.29 is 4.79 Å². The number of nitrogens with zero attached hydrogens (tertiary/aromatic N) is 1. The zero-order valence-electron chi connectivity index (χ0n) is 4.79. The van der Waals surface area contributed by atoms with E-state index < -0.39 is 0 Å². The Balaban J connectivity index is 2.52. The predicted molar refractivity (Wildman–Crippen MR) is 31.8 cm³/mol. The standard InChI is InChI=1S/C6H8NO/c1-5-2-3-7-6(5)4-8/h3,5-6H,2H2,1H3/t5-,6+/m1/s1. The molecule has 0 aliphatic carbocycles. The van der Waals surface area contributed by atoms with Gasteiger partial charge in [-0.1, -0.05) is 6.92 Å². The van der Waals surface area contributed by atoms with Gasteiger partial charge in [0.15, 0.2) is 0 Å². The minimum absolute atomic E-state index is 0.171. The molecule has 2 atom stereocenters. The molecule has 1 aliphatic heterocycles. The van der Waals surface area contributed by atoms with Crippen molar-refractivity contribution in [3.63, 3.8) is 0 Å². The van der Waals surface area contributed by atoms with Crippen molar-refractivity contribution in [3.8, 4) is 0 Å². The number of hydrogen-bond acceptors (Lipinski definition) is 2. The molecule has 0 aromatic heterocycles. The number of rotatable bonds is 1. The minimum atomic E-state index is -0.171. The fourth-order valence-corrected chi connectivity index (χ4v) is 0.763. The maximum Gasteiger partial charge on any atom is 0.225 e. The van der Waals surface area contributed by atoms with Gasteiger partial charge in [-0.3, -0.25) is 9.79 Å². The largest absolute Gasteiger partial charge is 0.288 e.